The first-order valence-electron chi connectivity index (χ1n) is 9.65. The average Bonchev–Trinajstić information content (AvgIpc) is 3.24. The number of aliphatic hydroxyl groups excluding tert-OH is 1. The van der Waals surface area contributed by atoms with Crippen LogP contribution in [0.4, 0.5) is 0 Å². The third-order valence-electron chi connectivity index (χ3n) is 5.13. The van der Waals surface area contributed by atoms with Gasteiger partial charge in [-0.25, -0.2) is 9.67 Å². The molecule has 1 aliphatic heterocycles. The largest absolute Gasteiger partial charge is 0.481 e. The van der Waals surface area contributed by atoms with E-state index in [0.29, 0.717) is 35.2 Å². The zero-order valence-corrected chi connectivity index (χ0v) is 16.2. The molecule has 3 aromatic rings. The number of pyridine rings is 2. The van der Waals surface area contributed by atoms with E-state index in [-0.39, 0.29) is 18.6 Å². The van der Waals surface area contributed by atoms with Crippen molar-refractivity contribution in [3.05, 3.63) is 54.5 Å². The van der Waals surface area contributed by atoms with Crippen LogP contribution in [0.2, 0.25) is 0 Å². The Bertz CT molecular complexity index is 972. The first-order chi connectivity index (χ1) is 14.2. The molecule has 4 rings (SSSR count). The highest BCUT2D eigenvalue weighted by Gasteiger charge is 2.29. The Morgan fingerprint density at radius 1 is 1.24 bits per heavy atom. The van der Waals surface area contributed by atoms with Gasteiger partial charge in [0.05, 0.1) is 43.0 Å². The Hall–Kier alpha value is -3.26. The predicted octanol–water partition coefficient (Wildman–Crippen LogP) is 2.32. The molecule has 8 nitrogen and oxygen atoms in total. The minimum absolute atomic E-state index is 0.0397. The molecule has 0 aromatic carbocycles. The van der Waals surface area contributed by atoms with Crippen LogP contribution in [0.1, 0.15) is 29.8 Å². The Labute approximate surface area is 168 Å². The zero-order chi connectivity index (χ0) is 20.2. The fourth-order valence-corrected chi connectivity index (χ4v) is 3.60. The van der Waals surface area contributed by atoms with Crippen molar-refractivity contribution in [3.8, 4) is 23.0 Å². The molecular weight excluding hydrogens is 370 g/mol. The van der Waals surface area contributed by atoms with Crippen LogP contribution in [0.3, 0.4) is 0 Å². The van der Waals surface area contributed by atoms with Gasteiger partial charge in [-0.3, -0.25) is 9.78 Å². The molecule has 0 spiro atoms. The average molecular weight is 393 g/mol. The summed E-state index contributed by atoms with van der Waals surface area (Å²) in [6.07, 6.45) is 6.09. The van der Waals surface area contributed by atoms with E-state index >= 15 is 0 Å². The van der Waals surface area contributed by atoms with Crippen molar-refractivity contribution in [2.45, 2.75) is 25.3 Å². The summed E-state index contributed by atoms with van der Waals surface area (Å²) < 4.78 is 6.80. The Balaban J connectivity index is 1.76. The molecular formula is C21H23N5O3. The second-order valence-electron chi connectivity index (χ2n) is 6.93. The van der Waals surface area contributed by atoms with Gasteiger partial charge in [-0.1, -0.05) is 6.07 Å². The lowest BCUT2D eigenvalue weighted by Crippen LogP contribution is -2.45. The molecule has 0 saturated carbocycles. The lowest BCUT2D eigenvalue weighted by Gasteiger charge is -2.34. The van der Waals surface area contributed by atoms with Crippen molar-refractivity contribution in [1.29, 1.82) is 0 Å². The molecule has 0 bridgehead atoms. The number of methoxy groups -OCH3 is 1. The maximum Gasteiger partial charge on any atom is 0.274 e. The molecule has 1 N–H and O–H groups in total. The number of carbonyl (C=O) groups is 1. The van der Waals surface area contributed by atoms with Crippen LogP contribution < -0.4 is 4.74 Å². The van der Waals surface area contributed by atoms with Gasteiger partial charge in [0.2, 0.25) is 5.88 Å². The summed E-state index contributed by atoms with van der Waals surface area (Å²) in [7, 11) is 1.56. The van der Waals surface area contributed by atoms with Crippen molar-refractivity contribution in [2.75, 3.05) is 20.3 Å². The summed E-state index contributed by atoms with van der Waals surface area (Å²) >= 11 is 0. The van der Waals surface area contributed by atoms with E-state index in [4.69, 9.17) is 4.74 Å². The first kappa shape index (κ1) is 19.1. The third kappa shape index (κ3) is 3.84. The van der Waals surface area contributed by atoms with Crippen LogP contribution in [-0.4, -0.2) is 62.0 Å². The number of ether oxygens (including phenoxy) is 1. The van der Waals surface area contributed by atoms with E-state index in [9.17, 15) is 9.90 Å². The van der Waals surface area contributed by atoms with Gasteiger partial charge < -0.3 is 14.7 Å². The quantitative estimate of drug-likeness (QED) is 0.715. The zero-order valence-electron chi connectivity index (χ0n) is 16.2. The third-order valence-corrected chi connectivity index (χ3v) is 5.13. The number of carbonyl (C=O) groups excluding carboxylic acids is 1. The fourth-order valence-electron chi connectivity index (χ4n) is 3.60. The van der Waals surface area contributed by atoms with E-state index in [2.05, 4.69) is 15.1 Å². The molecule has 3 aromatic heterocycles. The Morgan fingerprint density at radius 2 is 2.14 bits per heavy atom. The van der Waals surface area contributed by atoms with Crippen LogP contribution in [0.25, 0.3) is 17.1 Å². The van der Waals surface area contributed by atoms with Gasteiger partial charge in [-0.05, 0) is 43.5 Å². The monoisotopic (exact) mass is 393 g/mol. The number of hydrogen-bond acceptors (Lipinski definition) is 6. The van der Waals surface area contributed by atoms with Crippen molar-refractivity contribution in [2.24, 2.45) is 0 Å². The molecule has 29 heavy (non-hydrogen) atoms. The van der Waals surface area contributed by atoms with Crippen LogP contribution in [-0.2, 0) is 0 Å². The summed E-state index contributed by atoms with van der Waals surface area (Å²) in [5.41, 5.74) is 2.41. The van der Waals surface area contributed by atoms with Crippen LogP contribution in [0.5, 0.6) is 5.88 Å². The van der Waals surface area contributed by atoms with Crippen molar-refractivity contribution < 1.29 is 14.6 Å². The number of amides is 1. The van der Waals surface area contributed by atoms with Crippen molar-refractivity contribution in [1.82, 2.24) is 24.6 Å². The van der Waals surface area contributed by atoms with Crippen molar-refractivity contribution >= 4 is 5.91 Å². The lowest BCUT2D eigenvalue weighted by molar-refractivity contribution is 0.0497. The molecule has 8 heteroatoms. The van der Waals surface area contributed by atoms with E-state index in [0.717, 1.165) is 19.3 Å². The van der Waals surface area contributed by atoms with Crippen LogP contribution in [0, 0.1) is 0 Å². The molecule has 1 amide bonds. The Kier molecular flexibility index (Phi) is 5.53. The molecule has 1 aliphatic rings. The van der Waals surface area contributed by atoms with Gasteiger partial charge in [0.1, 0.15) is 0 Å². The summed E-state index contributed by atoms with van der Waals surface area (Å²) in [4.78, 5) is 23.6. The molecule has 1 atom stereocenters. The topological polar surface area (TPSA) is 93.4 Å². The maximum atomic E-state index is 13.2. The van der Waals surface area contributed by atoms with Crippen LogP contribution in [0.15, 0.2) is 48.8 Å². The van der Waals surface area contributed by atoms with E-state index in [1.54, 1.807) is 41.2 Å². The summed E-state index contributed by atoms with van der Waals surface area (Å²) in [5.74, 6) is 0.317. The van der Waals surface area contributed by atoms with Gasteiger partial charge in [0, 0.05) is 18.8 Å². The molecule has 1 saturated heterocycles. The molecule has 1 fully saturated rings. The second kappa shape index (κ2) is 8.40. The van der Waals surface area contributed by atoms with E-state index in [1.807, 2.05) is 24.3 Å². The highest BCUT2D eigenvalue weighted by atomic mass is 16.5. The summed E-state index contributed by atoms with van der Waals surface area (Å²) in [6, 6.07) is 10.8. The normalized spacial score (nSPS) is 16.6. The number of hydrogen-bond donors (Lipinski definition) is 1. The van der Waals surface area contributed by atoms with Gasteiger partial charge in [-0.15, -0.1) is 0 Å². The summed E-state index contributed by atoms with van der Waals surface area (Å²) in [5, 5.41) is 14.3. The SMILES string of the molecule is COc1ccc(-n2nc(C(=O)N3CCCCC3CO)cc2-c2ccccn2)cn1. The highest BCUT2D eigenvalue weighted by molar-refractivity contribution is 5.93. The Morgan fingerprint density at radius 3 is 2.83 bits per heavy atom. The van der Waals surface area contributed by atoms with E-state index < -0.39 is 0 Å². The number of likely N-dealkylation sites (tertiary alicyclic amines) is 1. The smallest absolute Gasteiger partial charge is 0.274 e. The summed E-state index contributed by atoms with van der Waals surface area (Å²) in [6.45, 7) is 0.585. The second-order valence-corrected chi connectivity index (χ2v) is 6.93. The predicted molar refractivity (Wildman–Crippen MR) is 107 cm³/mol. The number of nitrogens with zero attached hydrogens (tertiary/aromatic N) is 5. The van der Waals surface area contributed by atoms with Crippen molar-refractivity contribution in [3.63, 3.8) is 0 Å². The maximum absolute atomic E-state index is 13.2. The minimum Gasteiger partial charge on any atom is -0.481 e. The highest BCUT2D eigenvalue weighted by Crippen LogP contribution is 2.25. The number of aromatic nitrogens is 4. The van der Waals surface area contributed by atoms with E-state index in [1.165, 1.54) is 0 Å². The number of rotatable bonds is 5. The fraction of sp³-hybridized carbons (Fsp3) is 0.333. The standard InChI is InChI=1S/C21H23N5O3/c1-29-20-9-8-15(13-23-20)26-19(17-7-2-4-10-22-17)12-18(24-26)21(28)25-11-5-3-6-16(25)14-27/h2,4,7-10,12-13,16,27H,3,5-6,11,14H2,1H3. The van der Waals surface area contributed by atoms with Gasteiger partial charge in [0.25, 0.3) is 5.91 Å². The van der Waals surface area contributed by atoms with Gasteiger partial charge >= 0.3 is 0 Å². The molecule has 150 valence electrons. The molecule has 1 unspecified atom stereocenters. The van der Waals surface area contributed by atoms with Crippen LogP contribution >= 0.6 is 0 Å². The van der Waals surface area contributed by atoms with Gasteiger partial charge in [-0.2, -0.15) is 5.10 Å². The van der Waals surface area contributed by atoms with Gasteiger partial charge in [0.15, 0.2) is 5.69 Å². The molecule has 0 aliphatic carbocycles. The first-order valence-corrected chi connectivity index (χ1v) is 9.65. The number of piperidine rings is 1. The molecule has 0 radical (unpaired) electrons. The minimum atomic E-state index is -0.179. The molecule has 4 heterocycles. The lowest BCUT2D eigenvalue weighted by atomic mass is 10.0. The number of aliphatic hydroxyl groups is 1.